The summed E-state index contributed by atoms with van der Waals surface area (Å²) in [6.07, 6.45) is 0. The molecule has 0 saturated heterocycles. The molecule has 0 saturated carbocycles. The van der Waals surface area contributed by atoms with Crippen LogP contribution in [-0.4, -0.2) is 6.54 Å². The zero-order valence-electron chi connectivity index (χ0n) is 12.0. The van der Waals surface area contributed by atoms with Crippen molar-refractivity contribution in [3.63, 3.8) is 0 Å². The SMILES string of the molecule is CCNCc1ccc(OCc2ccc(CF)cc2)c(F)c1. The van der Waals surface area contributed by atoms with Crippen LogP contribution in [0.4, 0.5) is 8.78 Å². The van der Waals surface area contributed by atoms with Gasteiger partial charge in [-0.25, -0.2) is 8.78 Å². The lowest BCUT2D eigenvalue weighted by molar-refractivity contribution is 0.290. The van der Waals surface area contributed by atoms with Gasteiger partial charge in [0.15, 0.2) is 11.6 Å². The maximum Gasteiger partial charge on any atom is 0.165 e. The van der Waals surface area contributed by atoms with E-state index < -0.39 is 6.67 Å². The lowest BCUT2D eigenvalue weighted by Crippen LogP contribution is -2.11. The Morgan fingerprint density at radius 1 is 1.00 bits per heavy atom. The van der Waals surface area contributed by atoms with E-state index in [9.17, 15) is 8.78 Å². The first kappa shape index (κ1) is 15.4. The van der Waals surface area contributed by atoms with Gasteiger partial charge in [-0.15, -0.1) is 0 Å². The van der Waals surface area contributed by atoms with E-state index in [1.54, 1.807) is 30.3 Å². The quantitative estimate of drug-likeness (QED) is 0.833. The predicted molar refractivity (Wildman–Crippen MR) is 79.4 cm³/mol. The Morgan fingerprint density at radius 3 is 2.29 bits per heavy atom. The molecule has 0 aliphatic carbocycles. The number of rotatable bonds is 7. The van der Waals surface area contributed by atoms with Crippen molar-refractivity contribution in [2.75, 3.05) is 6.54 Å². The summed E-state index contributed by atoms with van der Waals surface area (Å²) in [4.78, 5) is 0. The molecular weight excluding hydrogens is 272 g/mol. The van der Waals surface area contributed by atoms with Crippen LogP contribution in [-0.2, 0) is 19.8 Å². The Morgan fingerprint density at radius 2 is 1.67 bits per heavy atom. The van der Waals surface area contributed by atoms with Gasteiger partial charge in [0, 0.05) is 6.54 Å². The van der Waals surface area contributed by atoms with Crippen molar-refractivity contribution >= 4 is 0 Å². The molecule has 2 aromatic carbocycles. The van der Waals surface area contributed by atoms with E-state index in [1.165, 1.54) is 6.07 Å². The minimum atomic E-state index is -0.483. The van der Waals surface area contributed by atoms with E-state index >= 15 is 0 Å². The van der Waals surface area contributed by atoms with Gasteiger partial charge in [-0.3, -0.25) is 0 Å². The molecule has 0 unspecified atom stereocenters. The first-order valence-corrected chi connectivity index (χ1v) is 6.98. The summed E-state index contributed by atoms with van der Waals surface area (Å²) in [6, 6.07) is 11.9. The second-order valence-corrected chi connectivity index (χ2v) is 4.78. The molecular formula is C17H19F2NO. The van der Waals surface area contributed by atoms with Crippen LogP contribution in [0.1, 0.15) is 23.6 Å². The molecule has 2 rings (SSSR count). The zero-order valence-corrected chi connectivity index (χ0v) is 12.0. The molecule has 112 valence electrons. The second kappa shape index (κ2) is 7.74. The van der Waals surface area contributed by atoms with Crippen molar-refractivity contribution < 1.29 is 13.5 Å². The van der Waals surface area contributed by atoms with E-state index in [0.717, 1.165) is 17.7 Å². The third-order valence-electron chi connectivity index (χ3n) is 3.15. The summed E-state index contributed by atoms with van der Waals surface area (Å²) in [7, 11) is 0. The van der Waals surface area contributed by atoms with E-state index in [-0.39, 0.29) is 18.2 Å². The third-order valence-corrected chi connectivity index (χ3v) is 3.15. The third kappa shape index (κ3) is 4.53. The number of hydrogen-bond donors (Lipinski definition) is 1. The first-order valence-electron chi connectivity index (χ1n) is 6.98. The second-order valence-electron chi connectivity index (χ2n) is 4.78. The van der Waals surface area contributed by atoms with Crippen LogP contribution in [0.15, 0.2) is 42.5 Å². The Kier molecular flexibility index (Phi) is 5.69. The molecule has 1 N–H and O–H groups in total. The average Bonchev–Trinajstić information content (AvgIpc) is 2.52. The normalized spacial score (nSPS) is 10.6. The van der Waals surface area contributed by atoms with Crippen LogP contribution < -0.4 is 10.1 Å². The number of hydrogen-bond acceptors (Lipinski definition) is 2. The van der Waals surface area contributed by atoms with Crippen molar-refractivity contribution in [1.29, 1.82) is 0 Å². The lowest BCUT2D eigenvalue weighted by Gasteiger charge is -2.09. The summed E-state index contributed by atoms with van der Waals surface area (Å²) in [5.41, 5.74) is 2.38. The smallest absolute Gasteiger partial charge is 0.165 e. The van der Waals surface area contributed by atoms with Crippen LogP contribution in [0.5, 0.6) is 5.75 Å². The Labute approximate surface area is 123 Å². The van der Waals surface area contributed by atoms with Crippen molar-refractivity contribution in [2.45, 2.75) is 26.7 Å². The molecule has 0 heterocycles. The minimum absolute atomic E-state index is 0.227. The Hall–Kier alpha value is -1.94. The molecule has 0 amide bonds. The molecule has 2 aromatic rings. The standard InChI is InChI=1S/C17H19F2NO/c1-2-20-11-15-7-8-17(16(19)9-15)21-12-14-5-3-13(10-18)4-6-14/h3-9,20H,2,10-12H2,1H3. The van der Waals surface area contributed by atoms with Gasteiger partial charge in [0.05, 0.1) is 0 Å². The van der Waals surface area contributed by atoms with Gasteiger partial charge < -0.3 is 10.1 Å². The summed E-state index contributed by atoms with van der Waals surface area (Å²) < 4.78 is 31.8. The van der Waals surface area contributed by atoms with E-state index in [4.69, 9.17) is 4.74 Å². The molecule has 4 heteroatoms. The van der Waals surface area contributed by atoms with Crippen LogP contribution >= 0.6 is 0 Å². The summed E-state index contributed by atoms with van der Waals surface area (Å²) in [5.74, 6) is -0.143. The largest absolute Gasteiger partial charge is 0.486 e. The van der Waals surface area contributed by atoms with Crippen molar-refractivity contribution in [1.82, 2.24) is 5.32 Å². The highest BCUT2D eigenvalue weighted by atomic mass is 19.1. The molecule has 21 heavy (non-hydrogen) atoms. The maximum atomic E-state index is 13.9. The van der Waals surface area contributed by atoms with Crippen molar-refractivity contribution in [3.8, 4) is 5.75 Å². The van der Waals surface area contributed by atoms with Crippen LogP contribution in [0.2, 0.25) is 0 Å². The van der Waals surface area contributed by atoms with E-state index in [0.29, 0.717) is 12.1 Å². The molecule has 0 aliphatic rings. The van der Waals surface area contributed by atoms with E-state index in [1.807, 2.05) is 13.0 Å². The molecule has 0 spiro atoms. The monoisotopic (exact) mass is 291 g/mol. The van der Waals surface area contributed by atoms with Gasteiger partial charge in [0.1, 0.15) is 13.3 Å². The van der Waals surface area contributed by atoms with Crippen molar-refractivity contribution in [2.24, 2.45) is 0 Å². The highest BCUT2D eigenvalue weighted by Gasteiger charge is 2.05. The van der Waals surface area contributed by atoms with Crippen LogP contribution in [0.25, 0.3) is 0 Å². The Bertz CT molecular complexity index is 570. The maximum absolute atomic E-state index is 13.9. The summed E-state index contributed by atoms with van der Waals surface area (Å²) in [5, 5.41) is 3.14. The highest BCUT2D eigenvalue weighted by Crippen LogP contribution is 2.20. The van der Waals surface area contributed by atoms with Gasteiger partial charge in [-0.2, -0.15) is 0 Å². The molecule has 0 fully saturated rings. The summed E-state index contributed by atoms with van der Waals surface area (Å²) >= 11 is 0. The number of ether oxygens (including phenoxy) is 1. The fraction of sp³-hybridized carbons (Fsp3) is 0.294. The highest BCUT2D eigenvalue weighted by molar-refractivity contribution is 5.30. The lowest BCUT2D eigenvalue weighted by atomic mass is 10.1. The molecule has 0 aromatic heterocycles. The molecule has 0 bridgehead atoms. The van der Waals surface area contributed by atoms with Gasteiger partial charge in [0.25, 0.3) is 0 Å². The van der Waals surface area contributed by atoms with Gasteiger partial charge >= 0.3 is 0 Å². The number of benzene rings is 2. The minimum Gasteiger partial charge on any atom is -0.486 e. The molecule has 0 radical (unpaired) electrons. The van der Waals surface area contributed by atoms with Gasteiger partial charge in [-0.05, 0) is 35.4 Å². The fourth-order valence-corrected chi connectivity index (χ4v) is 1.93. The fourth-order valence-electron chi connectivity index (χ4n) is 1.93. The number of alkyl halides is 1. The van der Waals surface area contributed by atoms with Crippen LogP contribution in [0.3, 0.4) is 0 Å². The van der Waals surface area contributed by atoms with Gasteiger partial charge in [-0.1, -0.05) is 37.3 Å². The molecule has 0 aliphatic heterocycles. The molecule has 2 nitrogen and oxygen atoms in total. The summed E-state index contributed by atoms with van der Waals surface area (Å²) in [6.45, 7) is 3.26. The Balaban J connectivity index is 1.95. The van der Waals surface area contributed by atoms with Gasteiger partial charge in [0.2, 0.25) is 0 Å². The van der Waals surface area contributed by atoms with E-state index in [2.05, 4.69) is 5.32 Å². The average molecular weight is 291 g/mol. The molecule has 0 atom stereocenters. The topological polar surface area (TPSA) is 21.3 Å². The predicted octanol–water partition coefficient (Wildman–Crippen LogP) is 3.98. The first-order chi connectivity index (χ1) is 10.2. The zero-order chi connectivity index (χ0) is 15.1. The number of nitrogens with one attached hydrogen (secondary N) is 1. The van der Waals surface area contributed by atoms with Crippen molar-refractivity contribution in [3.05, 3.63) is 65.0 Å². The number of halogens is 2. The van der Waals surface area contributed by atoms with Crippen LogP contribution in [0, 0.1) is 5.82 Å².